The van der Waals surface area contributed by atoms with Crippen LogP contribution < -0.4 is 10.1 Å². The first-order valence-electron chi connectivity index (χ1n) is 11.0. The molecule has 32 heavy (non-hydrogen) atoms. The average molecular weight is 436 g/mol. The van der Waals surface area contributed by atoms with Crippen molar-refractivity contribution in [2.45, 2.75) is 46.3 Å². The highest BCUT2D eigenvalue weighted by Gasteiger charge is 2.15. The first-order chi connectivity index (χ1) is 15.4. The van der Waals surface area contributed by atoms with Gasteiger partial charge in [0.25, 0.3) is 0 Å². The Morgan fingerprint density at radius 1 is 1.06 bits per heavy atom. The van der Waals surface area contributed by atoms with Crippen LogP contribution in [0.25, 0.3) is 0 Å². The van der Waals surface area contributed by atoms with Crippen molar-refractivity contribution in [1.82, 2.24) is 15.4 Å². The fourth-order valence-electron chi connectivity index (χ4n) is 3.60. The van der Waals surface area contributed by atoms with Crippen LogP contribution in [0.5, 0.6) is 5.75 Å². The van der Waals surface area contributed by atoms with Crippen molar-refractivity contribution in [3.05, 3.63) is 82.2 Å². The van der Waals surface area contributed by atoms with Crippen LogP contribution in [-0.2, 0) is 24.2 Å². The molecule has 1 aromatic heterocycles. The molecule has 0 spiro atoms. The van der Waals surface area contributed by atoms with Gasteiger partial charge in [0.2, 0.25) is 5.91 Å². The van der Waals surface area contributed by atoms with Crippen molar-refractivity contribution in [2.75, 3.05) is 20.6 Å². The highest BCUT2D eigenvalue weighted by Crippen LogP contribution is 2.20. The SMILES string of the molecule is CCc1ccc(C(CNC(=O)Cc2ccc(OCc3c(C)noc3C)cc2)N(C)C)cc1. The molecule has 170 valence electrons. The third-order valence-electron chi connectivity index (χ3n) is 5.74. The van der Waals surface area contributed by atoms with Crippen LogP contribution in [0.2, 0.25) is 0 Å². The number of carbonyl (C=O) groups is 1. The van der Waals surface area contributed by atoms with Gasteiger partial charge in [0.1, 0.15) is 18.1 Å². The van der Waals surface area contributed by atoms with Gasteiger partial charge in [-0.25, -0.2) is 0 Å². The summed E-state index contributed by atoms with van der Waals surface area (Å²) in [6, 6.07) is 16.4. The lowest BCUT2D eigenvalue weighted by atomic mass is 10.0. The van der Waals surface area contributed by atoms with E-state index in [1.54, 1.807) is 0 Å². The summed E-state index contributed by atoms with van der Waals surface area (Å²) in [6.07, 6.45) is 1.35. The number of amides is 1. The third-order valence-corrected chi connectivity index (χ3v) is 5.74. The first kappa shape index (κ1) is 23.5. The Bertz CT molecular complexity index is 988. The zero-order valence-electron chi connectivity index (χ0n) is 19.6. The van der Waals surface area contributed by atoms with E-state index in [4.69, 9.17) is 9.26 Å². The average Bonchev–Trinajstić information content (AvgIpc) is 3.11. The molecule has 1 unspecified atom stereocenters. The number of carbonyl (C=O) groups excluding carboxylic acids is 1. The Labute approximate surface area is 190 Å². The van der Waals surface area contributed by atoms with Crippen molar-refractivity contribution in [3.8, 4) is 5.75 Å². The molecule has 0 aliphatic carbocycles. The summed E-state index contributed by atoms with van der Waals surface area (Å²) in [5, 5.41) is 7.02. The summed E-state index contributed by atoms with van der Waals surface area (Å²) in [4.78, 5) is 14.7. The van der Waals surface area contributed by atoms with Crippen LogP contribution in [0.4, 0.5) is 0 Å². The molecule has 6 nitrogen and oxygen atoms in total. The van der Waals surface area contributed by atoms with E-state index in [2.05, 4.69) is 46.6 Å². The number of ether oxygens (including phenoxy) is 1. The van der Waals surface area contributed by atoms with Gasteiger partial charge >= 0.3 is 0 Å². The maximum absolute atomic E-state index is 12.5. The Morgan fingerprint density at radius 2 is 1.72 bits per heavy atom. The molecule has 1 amide bonds. The summed E-state index contributed by atoms with van der Waals surface area (Å²) >= 11 is 0. The molecule has 0 bridgehead atoms. The van der Waals surface area contributed by atoms with Gasteiger partial charge in [0.05, 0.1) is 23.7 Å². The standard InChI is InChI=1S/C26H33N3O3/c1-6-20-7-11-22(12-8-20)25(29(4)5)16-27-26(30)15-21-9-13-23(14-10-21)31-17-24-18(2)28-32-19(24)3/h7-14,25H,6,15-17H2,1-5H3,(H,27,30). The van der Waals surface area contributed by atoms with Crippen LogP contribution >= 0.6 is 0 Å². The minimum absolute atomic E-state index is 0.00594. The Kier molecular flexibility index (Phi) is 8.06. The van der Waals surface area contributed by atoms with Gasteiger partial charge in [0.15, 0.2) is 0 Å². The van der Waals surface area contributed by atoms with Gasteiger partial charge in [-0.05, 0) is 63.2 Å². The van der Waals surface area contributed by atoms with Gasteiger partial charge < -0.3 is 19.5 Å². The van der Waals surface area contributed by atoms with E-state index in [-0.39, 0.29) is 11.9 Å². The van der Waals surface area contributed by atoms with Crippen LogP contribution in [-0.4, -0.2) is 36.6 Å². The lowest BCUT2D eigenvalue weighted by molar-refractivity contribution is -0.120. The van der Waals surface area contributed by atoms with E-state index in [1.807, 2.05) is 52.2 Å². The van der Waals surface area contributed by atoms with E-state index >= 15 is 0 Å². The first-order valence-corrected chi connectivity index (χ1v) is 11.0. The lowest BCUT2D eigenvalue weighted by Gasteiger charge is -2.25. The van der Waals surface area contributed by atoms with Crippen molar-refractivity contribution >= 4 is 5.91 Å². The molecule has 1 N–H and O–H groups in total. The monoisotopic (exact) mass is 435 g/mol. The van der Waals surface area contributed by atoms with Gasteiger partial charge in [0, 0.05) is 6.54 Å². The number of aromatic nitrogens is 1. The Morgan fingerprint density at radius 3 is 2.28 bits per heavy atom. The third kappa shape index (κ3) is 6.20. The van der Waals surface area contributed by atoms with Crippen LogP contribution in [0.3, 0.4) is 0 Å². The second kappa shape index (κ2) is 11.0. The molecule has 3 rings (SSSR count). The van der Waals surface area contributed by atoms with E-state index in [9.17, 15) is 4.79 Å². The maximum Gasteiger partial charge on any atom is 0.224 e. The minimum atomic E-state index is 0.00594. The van der Waals surface area contributed by atoms with Crippen molar-refractivity contribution in [1.29, 1.82) is 0 Å². The molecule has 2 aromatic carbocycles. The van der Waals surface area contributed by atoms with E-state index in [0.717, 1.165) is 34.8 Å². The smallest absolute Gasteiger partial charge is 0.224 e. The van der Waals surface area contributed by atoms with Gasteiger partial charge in [-0.2, -0.15) is 0 Å². The maximum atomic E-state index is 12.5. The van der Waals surface area contributed by atoms with Gasteiger partial charge in [-0.3, -0.25) is 4.79 Å². The van der Waals surface area contributed by atoms with Gasteiger partial charge in [-0.15, -0.1) is 0 Å². The summed E-state index contributed by atoms with van der Waals surface area (Å²) in [6.45, 7) is 6.90. The summed E-state index contributed by atoms with van der Waals surface area (Å²) < 4.78 is 11.0. The quantitative estimate of drug-likeness (QED) is 0.511. The molecule has 1 heterocycles. The molecule has 6 heteroatoms. The van der Waals surface area contributed by atoms with Crippen LogP contribution in [0, 0.1) is 13.8 Å². The van der Waals surface area contributed by atoms with E-state index in [0.29, 0.717) is 19.6 Å². The predicted molar refractivity (Wildman–Crippen MR) is 126 cm³/mol. The highest BCUT2D eigenvalue weighted by atomic mass is 16.5. The normalized spacial score (nSPS) is 12.1. The Balaban J connectivity index is 1.51. The van der Waals surface area contributed by atoms with Crippen molar-refractivity contribution in [3.63, 3.8) is 0 Å². The Hall–Kier alpha value is -3.12. The number of benzene rings is 2. The molecular formula is C26H33N3O3. The van der Waals surface area contributed by atoms with E-state index < -0.39 is 0 Å². The highest BCUT2D eigenvalue weighted by molar-refractivity contribution is 5.78. The second-order valence-corrected chi connectivity index (χ2v) is 8.29. The zero-order valence-corrected chi connectivity index (χ0v) is 19.6. The zero-order chi connectivity index (χ0) is 23.1. The van der Waals surface area contributed by atoms with E-state index in [1.165, 1.54) is 11.1 Å². The molecule has 0 aliphatic rings. The fraction of sp³-hybridized carbons (Fsp3) is 0.385. The second-order valence-electron chi connectivity index (χ2n) is 8.29. The molecule has 3 aromatic rings. The molecule has 0 radical (unpaired) electrons. The summed E-state index contributed by atoms with van der Waals surface area (Å²) in [5.41, 5.74) is 5.27. The number of hydrogen-bond acceptors (Lipinski definition) is 5. The fourth-order valence-corrected chi connectivity index (χ4v) is 3.60. The number of aryl methyl sites for hydroxylation is 3. The summed E-state index contributed by atoms with van der Waals surface area (Å²) in [5.74, 6) is 1.52. The molecule has 0 saturated carbocycles. The topological polar surface area (TPSA) is 67.6 Å². The molecule has 0 aliphatic heterocycles. The largest absolute Gasteiger partial charge is 0.489 e. The van der Waals surface area contributed by atoms with Crippen molar-refractivity contribution < 1.29 is 14.1 Å². The number of rotatable bonds is 10. The molecule has 1 atom stereocenters. The molecular weight excluding hydrogens is 402 g/mol. The van der Waals surface area contributed by atoms with Gasteiger partial charge in [-0.1, -0.05) is 48.5 Å². The minimum Gasteiger partial charge on any atom is -0.489 e. The van der Waals surface area contributed by atoms with Crippen molar-refractivity contribution in [2.24, 2.45) is 0 Å². The number of nitrogens with zero attached hydrogens (tertiary/aromatic N) is 2. The lowest BCUT2D eigenvalue weighted by Crippen LogP contribution is -2.35. The number of nitrogens with one attached hydrogen (secondary N) is 1. The molecule has 0 fully saturated rings. The molecule has 0 saturated heterocycles. The predicted octanol–water partition coefficient (Wildman–Crippen LogP) is 4.39. The van der Waals surface area contributed by atoms with Crippen LogP contribution in [0.1, 0.15) is 46.7 Å². The number of likely N-dealkylation sites (N-methyl/N-ethyl adjacent to an activating group) is 1. The van der Waals surface area contributed by atoms with Crippen LogP contribution in [0.15, 0.2) is 53.1 Å². The number of hydrogen-bond donors (Lipinski definition) is 1. The summed E-state index contributed by atoms with van der Waals surface area (Å²) in [7, 11) is 4.07.